The van der Waals surface area contributed by atoms with E-state index in [0.717, 1.165) is 32.6 Å². The zero-order chi connectivity index (χ0) is 9.80. The summed E-state index contributed by atoms with van der Waals surface area (Å²) < 4.78 is 5.08. The minimum atomic E-state index is 0.598. The summed E-state index contributed by atoms with van der Waals surface area (Å²) in [4.78, 5) is 0. The van der Waals surface area contributed by atoms with Crippen LogP contribution in [0.5, 0.6) is 0 Å². The highest BCUT2D eigenvalue weighted by Crippen LogP contribution is 2.05. The van der Waals surface area contributed by atoms with Crippen molar-refractivity contribution in [2.24, 2.45) is 0 Å². The highest BCUT2D eigenvalue weighted by molar-refractivity contribution is 5.14. The molecule has 0 saturated carbocycles. The van der Waals surface area contributed by atoms with E-state index in [0.29, 0.717) is 6.04 Å². The lowest BCUT2D eigenvalue weighted by Crippen LogP contribution is -2.46. The maximum Gasteiger partial charge on any atom is 0.0643 e. The normalized spacial score (nSPS) is 16.9. The van der Waals surface area contributed by atoms with Crippen LogP contribution in [0, 0.1) is 6.92 Å². The van der Waals surface area contributed by atoms with E-state index < -0.39 is 0 Å². The van der Waals surface area contributed by atoms with Gasteiger partial charge in [0.2, 0.25) is 0 Å². The van der Waals surface area contributed by atoms with Crippen LogP contribution in [0.4, 0.5) is 0 Å². The van der Waals surface area contributed by atoms with Gasteiger partial charge in [-0.1, -0.05) is 0 Å². The van der Waals surface area contributed by atoms with Gasteiger partial charge in [0.15, 0.2) is 0 Å². The number of aromatic amines is 1. The minimum Gasteiger partial charge on any atom is -0.378 e. The van der Waals surface area contributed by atoms with Crippen molar-refractivity contribution in [3.63, 3.8) is 0 Å². The fraction of sp³-hybridized carbons (Fsp3) is 0.700. The minimum absolute atomic E-state index is 0.598. The first-order chi connectivity index (χ1) is 6.86. The Labute approximate surface area is 84.0 Å². The number of aromatic nitrogens is 2. The summed E-state index contributed by atoms with van der Waals surface area (Å²) in [5.41, 5.74) is 2.52. The van der Waals surface area contributed by atoms with Gasteiger partial charge in [0.25, 0.3) is 0 Å². The Morgan fingerprint density at radius 3 is 3.07 bits per heavy atom. The van der Waals surface area contributed by atoms with Gasteiger partial charge in [0.1, 0.15) is 0 Å². The number of ether oxygens (including phenoxy) is 1. The molecular formula is C10H17N3O. The van der Waals surface area contributed by atoms with Crippen molar-refractivity contribution in [3.8, 4) is 0 Å². The molecule has 2 N–H and O–H groups in total. The number of hydrogen-bond acceptors (Lipinski definition) is 3. The predicted octanol–water partition coefficient (Wildman–Crippen LogP) is 0.639. The van der Waals surface area contributed by atoms with E-state index in [-0.39, 0.29) is 0 Å². The van der Waals surface area contributed by atoms with Crippen LogP contribution in [0.25, 0.3) is 0 Å². The molecule has 1 fully saturated rings. The van der Waals surface area contributed by atoms with Gasteiger partial charge >= 0.3 is 0 Å². The van der Waals surface area contributed by atoms with Crippen LogP contribution in [0.15, 0.2) is 6.20 Å². The number of nitrogens with zero attached hydrogens (tertiary/aromatic N) is 1. The summed E-state index contributed by atoms with van der Waals surface area (Å²) in [5, 5.41) is 10.4. The highest BCUT2D eigenvalue weighted by atomic mass is 16.5. The number of rotatable bonds is 5. The van der Waals surface area contributed by atoms with Crippen molar-refractivity contribution >= 4 is 0 Å². The van der Waals surface area contributed by atoms with Crippen LogP contribution in [0.1, 0.15) is 17.7 Å². The molecule has 1 aliphatic heterocycles. The van der Waals surface area contributed by atoms with Crippen LogP contribution in [0.2, 0.25) is 0 Å². The average Bonchev–Trinajstić information content (AvgIpc) is 2.48. The SMILES string of the molecule is Cc1[nH]ncc1CCCNC1COC1. The first-order valence-corrected chi connectivity index (χ1v) is 5.16. The Morgan fingerprint density at radius 2 is 2.50 bits per heavy atom. The number of aryl methyl sites for hydroxylation is 2. The number of H-pyrrole nitrogens is 1. The van der Waals surface area contributed by atoms with E-state index in [1.165, 1.54) is 11.3 Å². The van der Waals surface area contributed by atoms with E-state index in [9.17, 15) is 0 Å². The third-order valence-electron chi connectivity index (χ3n) is 2.63. The van der Waals surface area contributed by atoms with E-state index in [1.807, 2.05) is 6.20 Å². The average molecular weight is 195 g/mol. The van der Waals surface area contributed by atoms with Gasteiger partial charge in [-0.25, -0.2) is 0 Å². The zero-order valence-corrected chi connectivity index (χ0v) is 8.55. The Balaban J connectivity index is 1.60. The predicted molar refractivity (Wildman–Crippen MR) is 54.3 cm³/mol. The van der Waals surface area contributed by atoms with E-state index in [4.69, 9.17) is 4.74 Å². The molecule has 4 heteroatoms. The second-order valence-corrected chi connectivity index (χ2v) is 3.81. The molecule has 2 heterocycles. The van der Waals surface area contributed by atoms with Crippen LogP contribution in [-0.4, -0.2) is 36.0 Å². The fourth-order valence-electron chi connectivity index (χ4n) is 1.57. The summed E-state index contributed by atoms with van der Waals surface area (Å²) in [6.45, 7) is 4.89. The molecule has 0 radical (unpaired) electrons. The zero-order valence-electron chi connectivity index (χ0n) is 8.55. The molecule has 0 unspecified atom stereocenters. The van der Waals surface area contributed by atoms with Crippen LogP contribution >= 0.6 is 0 Å². The summed E-state index contributed by atoms with van der Waals surface area (Å²) in [6.07, 6.45) is 4.18. The van der Waals surface area contributed by atoms with Crippen LogP contribution in [0.3, 0.4) is 0 Å². The molecule has 0 bridgehead atoms. The Kier molecular flexibility index (Phi) is 3.16. The maximum atomic E-state index is 5.08. The van der Waals surface area contributed by atoms with Crippen molar-refractivity contribution in [2.75, 3.05) is 19.8 Å². The number of nitrogens with one attached hydrogen (secondary N) is 2. The van der Waals surface area contributed by atoms with E-state index >= 15 is 0 Å². The highest BCUT2D eigenvalue weighted by Gasteiger charge is 2.16. The lowest BCUT2D eigenvalue weighted by molar-refractivity contribution is -0.00489. The molecule has 4 nitrogen and oxygen atoms in total. The van der Waals surface area contributed by atoms with E-state index in [2.05, 4.69) is 22.4 Å². The van der Waals surface area contributed by atoms with Crippen molar-refractivity contribution in [1.82, 2.24) is 15.5 Å². The molecule has 1 aromatic heterocycles. The van der Waals surface area contributed by atoms with Crippen LogP contribution in [-0.2, 0) is 11.2 Å². The monoisotopic (exact) mass is 195 g/mol. The maximum absolute atomic E-state index is 5.08. The topological polar surface area (TPSA) is 49.9 Å². The molecule has 1 aliphatic rings. The van der Waals surface area contributed by atoms with Crippen molar-refractivity contribution in [3.05, 3.63) is 17.5 Å². The molecule has 0 aromatic carbocycles. The van der Waals surface area contributed by atoms with Gasteiger partial charge in [-0.05, 0) is 31.9 Å². The summed E-state index contributed by atoms with van der Waals surface area (Å²) >= 11 is 0. The molecule has 1 aromatic rings. The van der Waals surface area contributed by atoms with Gasteiger partial charge in [0.05, 0.1) is 25.5 Å². The largest absolute Gasteiger partial charge is 0.378 e. The smallest absolute Gasteiger partial charge is 0.0643 e. The van der Waals surface area contributed by atoms with Gasteiger partial charge in [-0.3, -0.25) is 5.10 Å². The molecule has 0 atom stereocenters. The molecule has 0 amide bonds. The summed E-state index contributed by atoms with van der Waals surface area (Å²) in [7, 11) is 0. The summed E-state index contributed by atoms with van der Waals surface area (Å²) in [6, 6.07) is 0.598. The third-order valence-corrected chi connectivity index (χ3v) is 2.63. The Hall–Kier alpha value is -0.870. The number of hydrogen-bond donors (Lipinski definition) is 2. The first kappa shape index (κ1) is 9.68. The van der Waals surface area contributed by atoms with Gasteiger partial charge in [-0.2, -0.15) is 5.10 Å². The van der Waals surface area contributed by atoms with Crippen molar-refractivity contribution in [2.45, 2.75) is 25.8 Å². The Bertz CT molecular complexity index is 281. The molecule has 0 aliphatic carbocycles. The quantitative estimate of drug-likeness (QED) is 0.678. The second-order valence-electron chi connectivity index (χ2n) is 3.81. The lowest BCUT2D eigenvalue weighted by Gasteiger charge is -2.26. The van der Waals surface area contributed by atoms with Crippen molar-refractivity contribution < 1.29 is 4.74 Å². The van der Waals surface area contributed by atoms with E-state index in [1.54, 1.807) is 0 Å². The molecule has 14 heavy (non-hydrogen) atoms. The second kappa shape index (κ2) is 4.57. The molecular weight excluding hydrogens is 178 g/mol. The van der Waals surface area contributed by atoms with Gasteiger partial charge in [0, 0.05) is 5.69 Å². The van der Waals surface area contributed by atoms with Crippen molar-refractivity contribution in [1.29, 1.82) is 0 Å². The molecule has 1 saturated heterocycles. The molecule has 0 spiro atoms. The van der Waals surface area contributed by atoms with Gasteiger partial charge < -0.3 is 10.1 Å². The summed E-state index contributed by atoms with van der Waals surface area (Å²) in [5.74, 6) is 0. The third kappa shape index (κ3) is 2.33. The molecule has 78 valence electrons. The van der Waals surface area contributed by atoms with Crippen LogP contribution < -0.4 is 5.32 Å². The van der Waals surface area contributed by atoms with Gasteiger partial charge in [-0.15, -0.1) is 0 Å². The first-order valence-electron chi connectivity index (χ1n) is 5.16. The standard InChI is InChI=1S/C10H17N3O/c1-8-9(5-12-13-8)3-2-4-11-10-6-14-7-10/h5,10-11H,2-4,6-7H2,1H3,(H,12,13). The molecule has 2 rings (SSSR count). The lowest BCUT2D eigenvalue weighted by atomic mass is 10.1. The fourth-order valence-corrected chi connectivity index (χ4v) is 1.57. The Morgan fingerprint density at radius 1 is 1.64 bits per heavy atom.